The number of nitrogens with one attached hydrogen (secondary N) is 1. The van der Waals surface area contributed by atoms with E-state index >= 15 is 0 Å². The molecular weight excluding hydrogens is 304 g/mol. The minimum Gasteiger partial charge on any atom is -0.248 e. The second-order valence-electron chi connectivity index (χ2n) is 4.69. The maximum absolute atomic E-state index is 5.24. The van der Waals surface area contributed by atoms with Gasteiger partial charge in [-0.2, -0.15) is 14.9 Å². The summed E-state index contributed by atoms with van der Waals surface area (Å²) in [7, 11) is 0. The largest absolute Gasteiger partial charge is 0.271 e. The molecule has 3 heterocycles. The quantitative estimate of drug-likeness (QED) is 0.596. The summed E-state index contributed by atoms with van der Waals surface area (Å²) in [6, 6.07) is 4.04. The summed E-state index contributed by atoms with van der Waals surface area (Å²) in [5.74, 6) is 0.552. The lowest BCUT2D eigenvalue weighted by atomic mass is 10.3. The molecular formula is C13H14N6S2. The molecule has 0 unspecified atom stereocenters. The number of aryl methyl sites for hydroxylation is 3. The molecule has 0 amide bonds. The Hall–Kier alpha value is -2.06. The fourth-order valence-electron chi connectivity index (χ4n) is 1.98. The van der Waals surface area contributed by atoms with Crippen molar-refractivity contribution in [3.05, 3.63) is 44.1 Å². The Labute approximate surface area is 130 Å². The molecule has 1 N–H and O–H groups in total. The van der Waals surface area contributed by atoms with Crippen LogP contribution < -0.4 is 0 Å². The van der Waals surface area contributed by atoms with Crippen molar-refractivity contribution in [2.45, 2.75) is 20.8 Å². The van der Waals surface area contributed by atoms with Crippen LogP contribution in [0.2, 0.25) is 0 Å². The second-order valence-corrected chi connectivity index (χ2v) is 6.03. The van der Waals surface area contributed by atoms with Crippen LogP contribution in [0.5, 0.6) is 0 Å². The molecule has 3 aromatic rings. The average Bonchev–Trinajstić information content (AvgIpc) is 3.08. The van der Waals surface area contributed by atoms with Gasteiger partial charge in [0.05, 0.1) is 16.8 Å². The Kier molecular flexibility index (Phi) is 3.56. The van der Waals surface area contributed by atoms with E-state index in [-0.39, 0.29) is 0 Å². The maximum Gasteiger partial charge on any atom is 0.271 e. The number of nitrogens with zero attached hydrogens (tertiary/aromatic N) is 5. The Morgan fingerprint density at radius 2 is 2.19 bits per heavy atom. The molecule has 3 aromatic heterocycles. The van der Waals surface area contributed by atoms with Crippen molar-refractivity contribution in [2.75, 3.05) is 0 Å². The zero-order valence-corrected chi connectivity index (χ0v) is 13.5. The van der Waals surface area contributed by atoms with Gasteiger partial charge in [0, 0.05) is 5.69 Å². The number of rotatable bonds is 3. The molecule has 0 aromatic carbocycles. The van der Waals surface area contributed by atoms with E-state index in [0.717, 1.165) is 16.3 Å². The first-order valence-corrected chi connectivity index (χ1v) is 7.64. The lowest BCUT2D eigenvalue weighted by Crippen LogP contribution is -2.07. The predicted octanol–water partition coefficient (Wildman–Crippen LogP) is 3.00. The van der Waals surface area contributed by atoms with Gasteiger partial charge in [-0.3, -0.25) is 0 Å². The van der Waals surface area contributed by atoms with Crippen LogP contribution in [0.1, 0.15) is 21.8 Å². The molecule has 0 atom stereocenters. The van der Waals surface area contributed by atoms with Gasteiger partial charge in [-0.25, -0.2) is 9.78 Å². The SMILES string of the molecule is Cc1cc(C)n(-c2n[nH]c(=S)n2/N=C\c2sccc2C)n1. The maximum atomic E-state index is 5.24. The van der Waals surface area contributed by atoms with Gasteiger partial charge in [-0.05, 0) is 56.1 Å². The Bertz CT molecular complexity index is 863. The molecule has 8 heteroatoms. The number of hydrogen-bond donors (Lipinski definition) is 1. The summed E-state index contributed by atoms with van der Waals surface area (Å²) in [5, 5.41) is 17.9. The molecule has 0 saturated carbocycles. The van der Waals surface area contributed by atoms with Gasteiger partial charge in [-0.1, -0.05) is 0 Å². The van der Waals surface area contributed by atoms with E-state index in [1.54, 1.807) is 26.9 Å². The highest BCUT2D eigenvalue weighted by atomic mass is 32.1. The minimum absolute atomic E-state index is 0.433. The van der Waals surface area contributed by atoms with Crippen LogP contribution in [0.15, 0.2) is 22.6 Å². The number of aromatic amines is 1. The van der Waals surface area contributed by atoms with Crippen molar-refractivity contribution >= 4 is 29.8 Å². The zero-order chi connectivity index (χ0) is 15.0. The van der Waals surface area contributed by atoms with E-state index in [0.29, 0.717) is 10.7 Å². The number of aromatic nitrogens is 5. The Morgan fingerprint density at radius 3 is 2.81 bits per heavy atom. The minimum atomic E-state index is 0.433. The first-order valence-electron chi connectivity index (χ1n) is 6.36. The van der Waals surface area contributed by atoms with Crippen molar-refractivity contribution in [2.24, 2.45) is 5.10 Å². The first kappa shape index (κ1) is 13.9. The highest BCUT2D eigenvalue weighted by molar-refractivity contribution is 7.71. The molecule has 0 radical (unpaired) electrons. The molecule has 0 aliphatic heterocycles. The average molecular weight is 318 g/mol. The highest BCUT2D eigenvalue weighted by Gasteiger charge is 2.11. The lowest BCUT2D eigenvalue weighted by molar-refractivity contribution is 0.714. The number of thiophene rings is 1. The van der Waals surface area contributed by atoms with Gasteiger partial charge in [0.15, 0.2) is 0 Å². The van der Waals surface area contributed by atoms with E-state index in [1.807, 2.05) is 25.3 Å². The van der Waals surface area contributed by atoms with Gasteiger partial charge >= 0.3 is 0 Å². The zero-order valence-electron chi connectivity index (χ0n) is 11.9. The highest BCUT2D eigenvalue weighted by Crippen LogP contribution is 2.14. The Morgan fingerprint density at radius 1 is 1.38 bits per heavy atom. The summed E-state index contributed by atoms with van der Waals surface area (Å²) < 4.78 is 3.73. The monoisotopic (exact) mass is 318 g/mol. The second kappa shape index (κ2) is 5.38. The topological polar surface area (TPSA) is 63.8 Å². The van der Waals surface area contributed by atoms with Gasteiger partial charge < -0.3 is 0 Å². The van der Waals surface area contributed by atoms with E-state index in [1.165, 1.54) is 5.56 Å². The molecule has 0 aliphatic carbocycles. The Balaban J connectivity index is 2.06. The van der Waals surface area contributed by atoms with Crippen LogP contribution in [-0.4, -0.2) is 30.9 Å². The normalized spacial score (nSPS) is 11.6. The summed E-state index contributed by atoms with van der Waals surface area (Å²) in [6.07, 6.45) is 1.79. The van der Waals surface area contributed by atoms with Gasteiger partial charge in [0.25, 0.3) is 5.95 Å². The molecule has 0 fully saturated rings. The van der Waals surface area contributed by atoms with Crippen LogP contribution in [0, 0.1) is 25.5 Å². The molecule has 3 rings (SSSR count). The van der Waals surface area contributed by atoms with E-state index in [4.69, 9.17) is 12.2 Å². The van der Waals surface area contributed by atoms with Crippen molar-refractivity contribution in [1.29, 1.82) is 0 Å². The van der Waals surface area contributed by atoms with Crippen molar-refractivity contribution in [1.82, 2.24) is 24.7 Å². The summed E-state index contributed by atoms with van der Waals surface area (Å²) in [5.41, 5.74) is 3.09. The smallest absolute Gasteiger partial charge is 0.248 e. The van der Waals surface area contributed by atoms with Gasteiger partial charge in [0.1, 0.15) is 0 Å². The predicted molar refractivity (Wildman–Crippen MR) is 86.1 cm³/mol. The van der Waals surface area contributed by atoms with Crippen LogP contribution in [0.25, 0.3) is 5.95 Å². The molecule has 0 aliphatic rings. The molecule has 0 bridgehead atoms. The van der Waals surface area contributed by atoms with E-state index < -0.39 is 0 Å². The molecule has 21 heavy (non-hydrogen) atoms. The summed E-state index contributed by atoms with van der Waals surface area (Å²) in [6.45, 7) is 5.96. The molecule has 0 saturated heterocycles. The molecule has 6 nitrogen and oxygen atoms in total. The number of H-pyrrole nitrogens is 1. The van der Waals surface area contributed by atoms with Crippen LogP contribution in [0.4, 0.5) is 0 Å². The third-order valence-corrected chi connectivity index (χ3v) is 4.24. The molecule has 108 valence electrons. The van der Waals surface area contributed by atoms with Crippen LogP contribution >= 0.6 is 23.6 Å². The van der Waals surface area contributed by atoms with Gasteiger partial charge in [-0.15, -0.1) is 16.4 Å². The lowest BCUT2D eigenvalue weighted by Gasteiger charge is -2.02. The van der Waals surface area contributed by atoms with Crippen molar-refractivity contribution in [3.63, 3.8) is 0 Å². The van der Waals surface area contributed by atoms with Crippen molar-refractivity contribution < 1.29 is 0 Å². The van der Waals surface area contributed by atoms with E-state index in [2.05, 4.69) is 33.4 Å². The first-order chi connectivity index (χ1) is 10.1. The fourth-order valence-corrected chi connectivity index (χ4v) is 2.94. The summed E-state index contributed by atoms with van der Waals surface area (Å²) >= 11 is 6.88. The summed E-state index contributed by atoms with van der Waals surface area (Å²) in [4.78, 5) is 1.09. The van der Waals surface area contributed by atoms with Gasteiger partial charge in [0.2, 0.25) is 4.77 Å². The number of hydrogen-bond acceptors (Lipinski definition) is 5. The van der Waals surface area contributed by atoms with Crippen molar-refractivity contribution in [3.8, 4) is 5.95 Å². The third kappa shape index (κ3) is 2.59. The standard InChI is InChI=1S/C13H14N6S2/c1-8-4-5-21-11(8)7-14-19-12(15-16-13(19)20)18-10(3)6-9(2)17-18/h4-7H,1-3H3,(H,16,20)/b14-7-. The third-order valence-electron chi connectivity index (χ3n) is 3.02. The van der Waals surface area contributed by atoms with E-state index in [9.17, 15) is 0 Å². The van der Waals surface area contributed by atoms with Crippen LogP contribution in [-0.2, 0) is 0 Å². The molecule has 0 spiro atoms. The fraction of sp³-hybridized carbons (Fsp3) is 0.231. The van der Waals surface area contributed by atoms with Crippen LogP contribution in [0.3, 0.4) is 0 Å².